The van der Waals surface area contributed by atoms with Crippen LogP contribution in [0.4, 0.5) is 0 Å². The molecule has 0 N–H and O–H groups in total. The molecule has 2 aromatic rings. The van der Waals surface area contributed by atoms with E-state index < -0.39 is 0 Å². The zero-order valence-corrected chi connectivity index (χ0v) is 23.4. The molecule has 37 heavy (non-hydrogen) atoms. The first-order valence-corrected chi connectivity index (χ1v) is 14.9. The van der Waals surface area contributed by atoms with Gasteiger partial charge < -0.3 is 0 Å². The van der Waals surface area contributed by atoms with Crippen LogP contribution in [0.15, 0.2) is 58.8 Å². The van der Waals surface area contributed by atoms with Crippen LogP contribution >= 0.6 is 0 Å². The van der Waals surface area contributed by atoms with Gasteiger partial charge in [0.1, 0.15) is 0 Å². The smallest absolute Gasteiger partial charge is 0.0807 e. The second kappa shape index (κ2) is 22.8. The van der Waals surface area contributed by atoms with E-state index in [2.05, 4.69) is 31.8 Å². The lowest BCUT2D eigenvalue weighted by atomic mass is 10.0. The van der Waals surface area contributed by atoms with Crippen molar-refractivity contribution in [3.63, 3.8) is 0 Å². The quantitative estimate of drug-likeness (QED) is 0.114. The van der Waals surface area contributed by atoms with Crippen molar-refractivity contribution in [2.45, 2.75) is 96.8 Å². The number of rotatable bonds is 23. The molecule has 204 valence electrons. The lowest BCUT2D eigenvalue weighted by molar-refractivity contribution is 0.282. The molecule has 0 aliphatic heterocycles. The van der Waals surface area contributed by atoms with Crippen LogP contribution in [0, 0.1) is 0 Å². The number of hydrogen-bond donors (Lipinski definition) is 0. The van der Waals surface area contributed by atoms with Crippen LogP contribution in [0.2, 0.25) is 0 Å². The molecule has 0 spiro atoms. The van der Waals surface area contributed by atoms with E-state index in [1.165, 1.54) is 89.9 Å². The number of nitrogens with zero attached hydrogens (tertiary/aromatic N) is 5. The van der Waals surface area contributed by atoms with Gasteiger partial charge in [0.2, 0.25) is 0 Å². The Morgan fingerprint density at radius 2 is 1.00 bits per heavy atom. The number of pyridine rings is 2. The SMILES string of the molecule is CCCCCCCCCCCCCCCCN(CCN=Cc1ccccn1)CCN=Cc1ccccn1. The van der Waals surface area contributed by atoms with Crippen LogP contribution < -0.4 is 0 Å². The normalized spacial score (nSPS) is 11.8. The van der Waals surface area contributed by atoms with Crippen molar-refractivity contribution in [1.82, 2.24) is 14.9 Å². The molecular formula is C32H51N5. The Bertz CT molecular complexity index is 753. The van der Waals surface area contributed by atoms with E-state index in [0.29, 0.717) is 0 Å². The maximum Gasteiger partial charge on any atom is 0.0807 e. The highest BCUT2D eigenvalue weighted by molar-refractivity contribution is 5.77. The van der Waals surface area contributed by atoms with Crippen LogP contribution in [0.25, 0.3) is 0 Å². The Kier molecular flexibility index (Phi) is 19.0. The number of hydrogen-bond acceptors (Lipinski definition) is 5. The van der Waals surface area contributed by atoms with E-state index >= 15 is 0 Å². The Morgan fingerprint density at radius 3 is 1.41 bits per heavy atom. The van der Waals surface area contributed by atoms with Gasteiger partial charge in [-0.3, -0.25) is 24.9 Å². The van der Waals surface area contributed by atoms with Crippen LogP contribution in [0.5, 0.6) is 0 Å². The molecule has 0 aliphatic carbocycles. The molecule has 5 heteroatoms. The topological polar surface area (TPSA) is 53.7 Å². The van der Waals surface area contributed by atoms with Crippen molar-refractivity contribution < 1.29 is 0 Å². The molecule has 2 aromatic heterocycles. The highest BCUT2D eigenvalue weighted by atomic mass is 15.1. The first kappa shape index (κ1) is 30.8. The van der Waals surface area contributed by atoms with E-state index in [4.69, 9.17) is 0 Å². The van der Waals surface area contributed by atoms with E-state index in [1.54, 1.807) is 0 Å². The molecule has 0 unspecified atom stereocenters. The Morgan fingerprint density at radius 1 is 0.568 bits per heavy atom. The highest BCUT2D eigenvalue weighted by Crippen LogP contribution is 2.13. The van der Waals surface area contributed by atoms with Crippen molar-refractivity contribution in [1.29, 1.82) is 0 Å². The van der Waals surface area contributed by atoms with Gasteiger partial charge >= 0.3 is 0 Å². The summed E-state index contributed by atoms with van der Waals surface area (Å²) in [5.41, 5.74) is 1.84. The van der Waals surface area contributed by atoms with Gasteiger partial charge in [0, 0.05) is 37.9 Å². The summed E-state index contributed by atoms with van der Waals surface area (Å²) < 4.78 is 0. The summed E-state index contributed by atoms with van der Waals surface area (Å²) in [6, 6.07) is 11.8. The molecular weight excluding hydrogens is 454 g/mol. The van der Waals surface area contributed by atoms with E-state index in [0.717, 1.165) is 44.1 Å². The number of aliphatic imine (C=N–C) groups is 2. The summed E-state index contributed by atoms with van der Waals surface area (Å²) in [6.45, 7) is 6.91. The van der Waals surface area contributed by atoms with E-state index in [9.17, 15) is 0 Å². The summed E-state index contributed by atoms with van der Waals surface area (Å²) >= 11 is 0. The molecule has 0 saturated carbocycles. The van der Waals surface area contributed by atoms with Gasteiger partial charge in [0.25, 0.3) is 0 Å². The minimum Gasteiger partial charge on any atom is -0.300 e. The minimum absolute atomic E-state index is 0.791. The van der Waals surface area contributed by atoms with Gasteiger partial charge in [-0.25, -0.2) is 0 Å². The number of aromatic nitrogens is 2. The van der Waals surface area contributed by atoms with Gasteiger partial charge in [0.15, 0.2) is 0 Å². The lowest BCUT2D eigenvalue weighted by Crippen LogP contribution is -2.30. The molecule has 2 heterocycles. The molecule has 2 rings (SSSR count). The molecule has 0 atom stereocenters. The highest BCUT2D eigenvalue weighted by Gasteiger charge is 2.04. The first-order valence-electron chi connectivity index (χ1n) is 14.9. The largest absolute Gasteiger partial charge is 0.300 e. The zero-order valence-electron chi connectivity index (χ0n) is 23.4. The Hall–Kier alpha value is -2.40. The third kappa shape index (κ3) is 17.6. The fourth-order valence-electron chi connectivity index (χ4n) is 4.48. The fourth-order valence-corrected chi connectivity index (χ4v) is 4.48. The first-order chi connectivity index (χ1) is 18.4. The van der Waals surface area contributed by atoms with Crippen molar-refractivity contribution in [2.75, 3.05) is 32.7 Å². The summed E-state index contributed by atoms with van der Waals surface area (Å²) in [5.74, 6) is 0. The van der Waals surface area contributed by atoms with Gasteiger partial charge in [0.05, 0.1) is 24.5 Å². The monoisotopic (exact) mass is 505 g/mol. The molecule has 0 bridgehead atoms. The van der Waals surface area contributed by atoms with Crippen molar-refractivity contribution in [3.8, 4) is 0 Å². The van der Waals surface area contributed by atoms with Crippen LogP contribution in [0.1, 0.15) is 108 Å². The molecule has 5 nitrogen and oxygen atoms in total. The average Bonchev–Trinajstić information content (AvgIpc) is 2.94. The number of unbranched alkanes of at least 4 members (excludes halogenated alkanes) is 13. The van der Waals surface area contributed by atoms with E-state index in [-0.39, 0.29) is 0 Å². The maximum absolute atomic E-state index is 4.60. The van der Waals surface area contributed by atoms with Gasteiger partial charge in [-0.2, -0.15) is 0 Å². The second-order valence-electron chi connectivity index (χ2n) is 10.0. The zero-order chi connectivity index (χ0) is 26.1. The third-order valence-corrected chi connectivity index (χ3v) is 6.74. The Labute approximate surface area is 227 Å². The third-order valence-electron chi connectivity index (χ3n) is 6.74. The summed E-state index contributed by atoms with van der Waals surface area (Å²) in [6.07, 6.45) is 26.9. The summed E-state index contributed by atoms with van der Waals surface area (Å²) in [7, 11) is 0. The van der Waals surface area contributed by atoms with Gasteiger partial charge in [-0.15, -0.1) is 0 Å². The molecule has 0 fully saturated rings. The lowest BCUT2D eigenvalue weighted by Gasteiger charge is -2.20. The molecule has 0 radical (unpaired) electrons. The van der Waals surface area contributed by atoms with Crippen LogP contribution in [-0.2, 0) is 0 Å². The van der Waals surface area contributed by atoms with Gasteiger partial charge in [-0.05, 0) is 37.2 Å². The standard InChI is InChI=1S/C32H51N5/c1-2-3-4-5-6-7-8-9-10-11-12-13-14-19-26-37(27-24-33-29-31-20-15-17-22-35-31)28-25-34-30-32-21-16-18-23-36-32/h15-18,20-23,29-30H,2-14,19,24-28H2,1H3. The summed E-state index contributed by atoms with van der Waals surface area (Å²) in [5, 5.41) is 0. The Balaban J connectivity index is 1.57. The molecule has 0 amide bonds. The maximum atomic E-state index is 4.60. The van der Waals surface area contributed by atoms with E-state index in [1.807, 2.05) is 61.2 Å². The van der Waals surface area contributed by atoms with Crippen LogP contribution in [-0.4, -0.2) is 60.0 Å². The van der Waals surface area contributed by atoms with Crippen molar-refractivity contribution >= 4 is 12.4 Å². The van der Waals surface area contributed by atoms with Crippen LogP contribution in [0.3, 0.4) is 0 Å². The van der Waals surface area contributed by atoms with Crippen molar-refractivity contribution in [2.24, 2.45) is 9.98 Å². The fraction of sp³-hybridized carbons (Fsp3) is 0.625. The molecule has 0 saturated heterocycles. The predicted octanol–water partition coefficient (Wildman–Crippen LogP) is 7.80. The van der Waals surface area contributed by atoms with Gasteiger partial charge in [-0.1, -0.05) is 103 Å². The predicted molar refractivity (Wildman–Crippen MR) is 160 cm³/mol. The minimum atomic E-state index is 0.791. The molecule has 0 aliphatic rings. The summed E-state index contributed by atoms with van der Waals surface area (Å²) in [4.78, 5) is 20.3. The average molecular weight is 506 g/mol. The van der Waals surface area contributed by atoms with Crippen molar-refractivity contribution in [3.05, 3.63) is 60.2 Å². The molecule has 0 aromatic carbocycles. The second-order valence-corrected chi connectivity index (χ2v) is 10.0.